The van der Waals surface area contributed by atoms with Gasteiger partial charge >= 0.3 is 0 Å². The van der Waals surface area contributed by atoms with Crippen LogP contribution in [-0.4, -0.2) is 39.4 Å². The Balaban J connectivity index is 1.82. The number of likely N-dealkylation sites (N-methyl/N-ethyl adjacent to an activating group) is 1. The molecule has 2 aromatic carbocycles. The van der Waals surface area contributed by atoms with Crippen molar-refractivity contribution in [3.63, 3.8) is 0 Å². The Morgan fingerprint density at radius 3 is 2.43 bits per heavy atom. The number of aromatic nitrogens is 2. The topological polar surface area (TPSA) is 67.2 Å². The highest BCUT2D eigenvalue weighted by Gasteiger charge is 2.20. The predicted octanol–water partition coefficient (Wildman–Crippen LogP) is 3.80. The number of nitrogens with zero attached hydrogens (tertiary/aromatic N) is 3. The van der Waals surface area contributed by atoms with E-state index >= 15 is 0 Å². The van der Waals surface area contributed by atoms with Crippen molar-refractivity contribution in [3.05, 3.63) is 72.1 Å². The summed E-state index contributed by atoms with van der Waals surface area (Å²) in [6.45, 7) is 7.33. The van der Waals surface area contributed by atoms with Gasteiger partial charge in [-0.1, -0.05) is 42.5 Å². The molecule has 2 amide bonds. The molecule has 0 radical (unpaired) electrons. The zero-order valence-electron chi connectivity index (χ0n) is 17.7. The fourth-order valence-corrected chi connectivity index (χ4v) is 3.46. The number of benzene rings is 2. The van der Waals surface area contributed by atoms with Gasteiger partial charge in [0.25, 0.3) is 0 Å². The van der Waals surface area contributed by atoms with E-state index in [1.54, 1.807) is 11.0 Å². The minimum atomic E-state index is -0.352. The first-order chi connectivity index (χ1) is 14.5. The maximum absolute atomic E-state index is 12.8. The van der Waals surface area contributed by atoms with Gasteiger partial charge in [0.2, 0.25) is 11.8 Å². The fraction of sp³-hybridized carbons (Fsp3) is 0.292. The normalized spacial score (nSPS) is 12.2. The van der Waals surface area contributed by atoms with Crippen LogP contribution in [0.2, 0.25) is 0 Å². The lowest BCUT2D eigenvalue weighted by Gasteiger charge is -2.21. The molecule has 6 heteroatoms. The molecule has 0 saturated heterocycles. The van der Waals surface area contributed by atoms with E-state index in [9.17, 15) is 9.59 Å². The largest absolute Gasteiger partial charge is 0.343 e. The standard InChI is InChI=1S/C24H28N4O2/c1-4-27(5-2)23(30)17-28-21-14-10-9-13-20(21)26-24(28)18(3)25-22(29)16-15-19-11-7-6-8-12-19/h6-16,18H,4-5,17H2,1-3H3,(H,25,29)/b16-15-. The maximum atomic E-state index is 12.8. The van der Waals surface area contributed by atoms with Crippen molar-refractivity contribution in [1.82, 2.24) is 19.8 Å². The minimum absolute atomic E-state index is 0.0342. The summed E-state index contributed by atoms with van der Waals surface area (Å²) in [6.07, 6.45) is 3.29. The van der Waals surface area contributed by atoms with Crippen LogP contribution in [-0.2, 0) is 16.1 Å². The quantitative estimate of drug-likeness (QED) is 0.581. The summed E-state index contributed by atoms with van der Waals surface area (Å²) in [4.78, 5) is 31.7. The fourth-order valence-electron chi connectivity index (χ4n) is 3.46. The molecule has 0 spiro atoms. The Labute approximate surface area is 177 Å². The molecule has 0 aliphatic carbocycles. The first-order valence-corrected chi connectivity index (χ1v) is 10.3. The van der Waals surface area contributed by atoms with E-state index in [0.717, 1.165) is 16.6 Å². The second-order valence-corrected chi connectivity index (χ2v) is 7.09. The number of amides is 2. The van der Waals surface area contributed by atoms with Gasteiger partial charge in [0.05, 0.1) is 17.1 Å². The van der Waals surface area contributed by atoms with Gasteiger partial charge in [0, 0.05) is 19.2 Å². The number of imidazole rings is 1. The molecule has 30 heavy (non-hydrogen) atoms. The van der Waals surface area contributed by atoms with Crippen LogP contribution in [0.4, 0.5) is 0 Å². The SMILES string of the molecule is CCN(CC)C(=O)Cn1c(C(C)NC(=O)/C=C\c2ccccc2)nc2ccccc21. The van der Waals surface area contributed by atoms with Crippen molar-refractivity contribution in [1.29, 1.82) is 0 Å². The number of nitrogens with one attached hydrogen (secondary N) is 1. The smallest absolute Gasteiger partial charge is 0.244 e. The summed E-state index contributed by atoms with van der Waals surface area (Å²) in [5, 5.41) is 2.96. The summed E-state index contributed by atoms with van der Waals surface area (Å²) in [6, 6.07) is 17.0. The number of hydrogen-bond acceptors (Lipinski definition) is 3. The van der Waals surface area contributed by atoms with Gasteiger partial charge < -0.3 is 14.8 Å². The van der Waals surface area contributed by atoms with E-state index in [0.29, 0.717) is 18.9 Å². The molecule has 1 heterocycles. The first kappa shape index (κ1) is 21.3. The molecule has 0 fully saturated rings. The van der Waals surface area contributed by atoms with Crippen LogP contribution in [0.25, 0.3) is 17.1 Å². The molecule has 0 aliphatic heterocycles. The van der Waals surface area contributed by atoms with Crippen LogP contribution in [0.1, 0.15) is 38.2 Å². The lowest BCUT2D eigenvalue weighted by atomic mass is 10.2. The highest BCUT2D eigenvalue weighted by atomic mass is 16.2. The highest BCUT2D eigenvalue weighted by Crippen LogP contribution is 2.21. The third kappa shape index (κ3) is 4.95. The first-order valence-electron chi connectivity index (χ1n) is 10.3. The number of carbonyl (C=O) groups is 2. The van der Waals surface area contributed by atoms with Crippen LogP contribution in [0.5, 0.6) is 0 Å². The van der Waals surface area contributed by atoms with Crippen molar-refractivity contribution in [2.45, 2.75) is 33.4 Å². The average molecular weight is 405 g/mol. The summed E-state index contributed by atoms with van der Waals surface area (Å²) < 4.78 is 1.90. The van der Waals surface area contributed by atoms with Crippen LogP contribution in [0, 0.1) is 0 Å². The molecule has 1 atom stereocenters. The van der Waals surface area contributed by atoms with E-state index in [4.69, 9.17) is 4.98 Å². The predicted molar refractivity (Wildman–Crippen MR) is 120 cm³/mol. The zero-order valence-corrected chi connectivity index (χ0v) is 17.7. The van der Waals surface area contributed by atoms with Gasteiger partial charge in [-0.3, -0.25) is 9.59 Å². The molecule has 1 aromatic heterocycles. The molecule has 1 N–H and O–H groups in total. The van der Waals surface area contributed by atoms with Crippen LogP contribution >= 0.6 is 0 Å². The Morgan fingerprint density at radius 1 is 1.07 bits per heavy atom. The highest BCUT2D eigenvalue weighted by molar-refractivity contribution is 5.92. The lowest BCUT2D eigenvalue weighted by Crippen LogP contribution is -2.35. The molecule has 3 aromatic rings. The van der Waals surface area contributed by atoms with Gasteiger partial charge in [-0.2, -0.15) is 0 Å². The molecule has 0 saturated carbocycles. The molecule has 6 nitrogen and oxygen atoms in total. The van der Waals surface area contributed by atoms with Gasteiger partial charge in [0.15, 0.2) is 0 Å². The van der Waals surface area contributed by atoms with Gasteiger partial charge in [-0.15, -0.1) is 0 Å². The summed E-state index contributed by atoms with van der Waals surface area (Å²) in [5.74, 6) is 0.491. The molecule has 0 aliphatic rings. The Kier molecular flexibility index (Phi) is 7.01. The molecule has 0 bridgehead atoms. The number of hydrogen-bond donors (Lipinski definition) is 1. The summed E-state index contributed by atoms with van der Waals surface area (Å²) >= 11 is 0. The van der Waals surface area contributed by atoms with Crippen LogP contribution < -0.4 is 5.32 Å². The number of para-hydroxylation sites is 2. The van der Waals surface area contributed by atoms with E-state index in [1.807, 2.05) is 79.9 Å². The zero-order chi connectivity index (χ0) is 21.5. The third-order valence-corrected chi connectivity index (χ3v) is 5.07. The van der Waals surface area contributed by atoms with Crippen molar-refractivity contribution in [2.24, 2.45) is 0 Å². The second kappa shape index (κ2) is 9.87. The van der Waals surface area contributed by atoms with Gasteiger partial charge in [0.1, 0.15) is 12.4 Å². The molecular weight excluding hydrogens is 376 g/mol. The average Bonchev–Trinajstić information content (AvgIpc) is 3.12. The molecule has 1 unspecified atom stereocenters. The van der Waals surface area contributed by atoms with E-state index in [2.05, 4.69) is 5.32 Å². The van der Waals surface area contributed by atoms with Gasteiger partial charge in [-0.25, -0.2) is 4.98 Å². The summed E-state index contributed by atoms with van der Waals surface area (Å²) in [7, 11) is 0. The minimum Gasteiger partial charge on any atom is -0.343 e. The molecule has 156 valence electrons. The number of fused-ring (bicyclic) bond motifs is 1. The van der Waals surface area contributed by atoms with Crippen molar-refractivity contribution in [3.8, 4) is 0 Å². The Hall–Kier alpha value is -3.41. The molecular formula is C24H28N4O2. The molecule has 3 rings (SSSR count). The number of rotatable bonds is 8. The van der Waals surface area contributed by atoms with E-state index < -0.39 is 0 Å². The lowest BCUT2D eigenvalue weighted by molar-refractivity contribution is -0.131. The van der Waals surface area contributed by atoms with Crippen molar-refractivity contribution >= 4 is 28.9 Å². The Morgan fingerprint density at radius 2 is 1.73 bits per heavy atom. The second-order valence-electron chi connectivity index (χ2n) is 7.09. The van der Waals surface area contributed by atoms with Crippen molar-refractivity contribution < 1.29 is 9.59 Å². The van der Waals surface area contributed by atoms with Crippen LogP contribution in [0.15, 0.2) is 60.7 Å². The maximum Gasteiger partial charge on any atom is 0.244 e. The third-order valence-electron chi connectivity index (χ3n) is 5.07. The Bertz CT molecular complexity index is 1040. The number of carbonyl (C=O) groups excluding carboxylic acids is 2. The summed E-state index contributed by atoms with van der Waals surface area (Å²) in [5.41, 5.74) is 2.65. The van der Waals surface area contributed by atoms with E-state index in [1.165, 1.54) is 6.08 Å². The monoisotopic (exact) mass is 404 g/mol. The van der Waals surface area contributed by atoms with Crippen LogP contribution in [0.3, 0.4) is 0 Å². The van der Waals surface area contributed by atoms with Crippen molar-refractivity contribution in [2.75, 3.05) is 13.1 Å². The van der Waals surface area contributed by atoms with E-state index in [-0.39, 0.29) is 24.4 Å². The van der Waals surface area contributed by atoms with Gasteiger partial charge in [-0.05, 0) is 44.5 Å².